The van der Waals surface area contributed by atoms with E-state index in [9.17, 15) is 23.2 Å². The van der Waals surface area contributed by atoms with Crippen LogP contribution in [-0.2, 0) is 17.5 Å². The number of hydrogen-bond donors (Lipinski definition) is 2. The maximum atomic E-state index is 12.6. The van der Waals surface area contributed by atoms with Crippen LogP contribution < -0.4 is 5.32 Å². The fourth-order valence-corrected chi connectivity index (χ4v) is 3.56. The highest BCUT2D eigenvalue weighted by Gasteiger charge is 2.34. The van der Waals surface area contributed by atoms with Gasteiger partial charge in [-0.1, -0.05) is 0 Å². The summed E-state index contributed by atoms with van der Waals surface area (Å²) >= 11 is 3.72. The van der Waals surface area contributed by atoms with Gasteiger partial charge in [0, 0.05) is 22.4 Å². The van der Waals surface area contributed by atoms with Crippen molar-refractivity contribution >= 4 is 33.2 Å². The van der Waals surface area contributed by atoms with E-state index in [1.165, 1.54) is 0 Å². The topological polar surface area (TPSA) is 52.6 Å². The molecule has 1 aliphatic heterocycles. The molecule has 0 saturated carbocycles. The Morgan fingerprint density at radius 3 is 2.85 bits per heavy atom. The van der Waals surface area contributed by atoms with E-state index in [0.29, 0.717) is 38.6 Å². The minimum absolute atomic E-state index is 0.144. The molecular weight excluding hydrogens is 361 g/mol. The van der Waals surface area contributed by atoms with E-state index >= 15 is 0 Å². The summed E-state index contributed by atoms with van der Waals surface area (Å²) in [4.78, 5) is 11.4. The molecule has 1 aromatic heterocycles. The molecule has 1 fully saturated rings. The number of halogens is 4. The summed E-state index contributed by atoms with van der Waals surface area (Å²) in [6.07, 6.45) is -3.15. The van der Waals surface area contributed by atoms with Gasteiger partial charge in [0.1, 0.15) is 4.88 Å². The van der Waals surface area contributed by atoms with Gasteiger partial charge in [-0.3, -0.25) is 10.0 Å². The molecule has 2 heterocycles. The van der Waals surface area contributed by atoms with Crippen LogP contribution in [0.2, 0.25) is 0 Å². The first-order chi connectivity index (χ1) is 9.29. The van der Waals surface area contributed by atoms with Gasteiger partial charge in [0.25, 0.3) is 5.91 Å². The van der Waals surface area contributed by atoms with Gasteiger partial charge < -0.3 is 5.32 Å². The first-order valence-electron chi connectivity index (χ1n) is 5.88. The van der Waals surface area contributed by atoms with Gasteiger partial charge in [0.15, 0.2) is 0 Å². The van der Waals surface area contributed by atoms with Crippen LogP contribution in [0.3, 0.4) is 0 Å². The molecule has 2 rings (SSSR count). The minimum atomic E-state index is -4.37. The number of piperidine rings is 1. The lowest BCUT2D eigenvalue weighted by molar-refractivity contribution is -0.172. The third kappa shape index (κ3) is 3.51. The van der Waals surface area contributed by atoms with Gasteiger partial charge in [-0.2, -0.15) is 13.2 Å². The maximum Gasteiger partial charge on any atom is 0.425 e. The molecule has 0 spiro atoms. The van der Waals surface area contributed by atoms with Crippen LogP contribution in [-0.4, -0.2) is 28.8 Å². The van der Waals surface area contributed by atoms with Gasteiger partial charge in [-0.25, -0.2) is 5.06 Å². The fraction of sp³-hybridized carbons (Fsp3) is 0.545. The van der Waals surface area contributed by atoms with E-state index in [0.717, 1.165) is 6.07 Å². The van der Waals surface area contributed by atoms with Crippen molar-refractivity contribution in [3.8, 4) is 0 Å². The third-order valence-corrected chi connectivity index (χ3v) is 5.11. The van der Waals surface area contributed by atoms with E-state index in [-0.39, 0.29) is 13.1 Å². The molecule has 0 aliphatic carbocycles. The molecule has 1 unspecified atom stereocenters. The Labute approximate surface area is 125 Å². The Kier molecular flexibility index (Phi) is 4.73. The average Bonchev–Trinajstić information content (AvgIpc) is 2.73. The van der Waals surface area contributed by atoms with E-state index in [4.69, 9.17) is 0 Å². The van der Waals surface area contributed by atoms with Crippen LogP contribution >= 0.6 is 27.3 Å². The predicted octanol–water partition coefficient (Wildman–Crippen LogP) is 3.00. The molecule has 1 aromatic rings. The van der Waals surface area contributed by atoms with Crippen LogP contribution in [0.1, 0.15) is 22.6 Å². The molecule has 1 atom stereocenters. The average molecular weight is 373 g/mol. The van der Waals surface area contributed by atoms with Crippen molar-refractivity contribution in [1.29, 1.82) is 0 Å². The Balaban J connectivity index is 2.01. The molecule has 0 radical (unpaired) electrons. The highest BCUT2D eigenvalue weighted by Crippen LogP contribution is 2.38. The lowest BCUT2D eigenvalue weighted by Gasteiger charge is -2.27. The number of carbonyl (C=O) groups is 1. The normalized spacial score (nSPS) is 20.6. The second kappa shape index (κ2) is 6.00. The largest absolute Gasteiger partial charge is 0.425 e. The molecule has 2 N–H and O–H groups in total. The SMILES string of the molecule is O=C1C(NCc2sc(C(F)(F)F)cc2Br)CCCN1O. The maximum absolute atomic E-state index is 12.6. The zero-order valence-electron chi connectivity index (χ0n) is 10.2. The summed E-state index contributed by atoms with van der Waals surface area (Å²) in [5.41, 5.74) is 0. The predicted molar refractivity (Wildman–Crippen MR) is 70.4 cm³/mol. The van der Waals surface area contributed by atoms with E-state index in [2.05, 4.69) is 21.2 Å². The Bertz CT molecular complexity index is 506. The summed E-state index contributed by atoms with van der Waals surface area (Å²) in [6.45, 7) is 0.434. The van der Waals surface area contributed by atoms with Crippen LogP contribution in [0, 0.1) is 0 Å². The third-order valence-electron chi connectivity index (χ3n) is 2.96. The van der Waals surface area contributed by atoms with E-state index < -0.39 is 23.0 Å². The zero-order valence-corrected chi connectivity index (χ0v) is 12.6. The molecule has 4 nitrogen and oxygen atoms in total. The minimum Gasteiger partial charge on any atom is -0.301 e. The van der Waals surface area contributed by atoms with Crippen molar-refractivity contribution in [3.05, 3.63) is 20.3 Å². The van der Waals surface area contributed by atoms with Crippen molar-refractivity contribution in [3.63, 3.8) is 0 Å². The summed E-state index contributed by atoms with van der Waals surface area (Å²) in [7, 11) is 0. The number of alkyl halides is 3. The highest BCUT2D eigenvalue weighted by molar-refractivity contribution is 9.10. The smallest absolute Gasteiger partial charge is 0.301 e. The van der Waals surface area contributed by atoms with Gasteiger partial charge in [0.05, 0.1) is 6.04 Å². The monoisotopic (exact) mass is 372 g/mol. The Morgan fingerprint density at radius 1 is 1.55 bits per heavy atom. The second-order valence-electron chi connectivity index (χ2n) is 4.42. The Morgan fingerprint density at radius 2 is 2.25 bits per heavy atom. The molecule has 1 amide bonds. The summed E-state index contributed by atoms with van der Waals surface area (Å²) in [5.74, 6) is -0.444. The van der Waals surface area contributed by atoms with Crippen LogP contribution in [0.5, 0.6) is 0 Å². The number of carbonyl (C=O) groups excluding carboxylic acids is 1. The first kappa shape index (κ1) is 15.7. The van der Waals surface area contributed by atoms with Gasteiger partial charge in [0.2, 0.25) is 0 Å². The summed E-state index contributed by atoms with van der Waals surface area (Å²) in [6, 6.07) is 0.472. The van der Waals surface area contributed by atoms with Crippen molar-refractivity contribution in [2.24, 2.45) is 0 Å². The van der Waals surface area contributed by atoms with Gasteiger partial charge in [-0.15, -0.1) is 11.3 Å². The molecule has 0 bridgehead atoms. The number of thiophene rings is 1. The van der Waals surface area contributed by atoms with Crippen molar-refractivity contribution < 1.29 is 23.2 Å². The number of hydrogen-bond acceptors (Lipinski definition) is 4. The number of nitrogens with zero attached hydrogens (tertiary/aromatic N) is 1. The number of rotatable bonds is 3. The first-order valence-corrected chi connectivity index (χ1v) is 7.49. The quantitative estimate of drug-likeness (QED) is 0.801. The Hall–Kier alpha value is -0.640. The number of hydroxylamine groups is 2. The fourth-order valence-electron chi connectivity index (χ4n) is 1.93. The van der Waals surface area contributed by atoms with Gasteiger partial charge >= 0.3 is 6.18 Å². The summed E-state index contributed by atoms with van der Waals surface area (Å²) < 4.78 is 38.1. The second-order valence-corrected chi connectivity index (χ2v) is 6.41. The van der Waals surface area contributed by atoms with Gasteiger partial charge in [-0.05, 0) is 34.8 Å². The van der Waals surface area contributed by atoms with Crippen molar-refractivity contribution in [2.75, 3.05) is 6.54 Å². The van der Waals surface area contributed by atoms with Crippen molar-refractivity contribution in [1.82, 2.24) is 10.4 Å². The molecule has 1 saturated heterocycles. The highest BCUT2D eigenvalue weighted by atomic mass is 79.9. The molecule has 9 heteroatoms. The zero-order chi connectivity index (χ0) is 14.9. The van der Waals surface area contributed by atoms with E-state index in [1.807, 2.05) is 0 Å². The molecule has 0 aromatic carbocycles. The standard InChI is InChI=1S/C11H12BrF3N2O2S/c12-6-4-9(11(13,14)15)20-8(6)5-16-7-2-1-3-17(19)10(7)18/h4,7,16,19H,1-3,5H2. The van der Waals surface area contributed by atoms with E-state index in [1.54, 1.807) is 0 Å². The lowest BCUT2D eigenvalue weighted by atomic mass is 10.1. The molecular formula is C11H12BrF3N2O2S. The van der Waals surface area contributed by atoms with Crippen LogP contribution in [0.15, 0.2) is 10.5 Å². The molecule has 112 valence electrons. The lowest BCUT2D eigenvalue weighted by Crippen LogP contribution is -2.48. The molecule has 1 aliphatic rings. The molecule has 20 heavy (non-hydrogen) atoms. The number of nitrogens with one attached hydrogen (secondary N) is 1. The summed E-state index contributed by atoms with van der Waals surface area (Å²) in [5, 5.41) is 12.8. The van der Waals surface area contributed by atoms with Crippen molar-refractivity contribution in [2.45, 2.75) is 31.6 Å². The number of amides is 1. The van der Waals surface area contributed by atoms with Crippen LogP contribution in [0.25, 0.3) is 0 Å². The van der Waals surface area contributed by atoms with Crippen LogP contribution in [0.4, 0.5) is 13.2 Å².